The molecule has 4 nitrogen and oxygen atoms in total. The molecule has 0 amide bonds. The number of phenols is 1. The number of H-pyrrole nitrogens is 1. The number of aromatic hydroxyl groups is 1. The van der Waals surface area contributed by atoms with Gasteiger partial charge in [0, 0.05) is 36.1 Å². The second-order valence-electron chi connectivity index (χ2n) is 4.57. The lowest BCUT2D eigenvalue weighted by molar-refractivity contribution is 0.471. The Bertz CT molecular complexity index is 718. The summed E-state index contributed by atoms with van der Waals surface area (Å²) in [4.78, 5) is 7.40. The van der Waals surface area contributed by atoms with E-state index in [1.165, 1.54) is 0 Å². The van der Waals surface area contributed by atoms with Crippen LogP contribution in [0.5, 0.6) is 5.75 Å². The predicted octanol–water partition coefficient (Wildman–Crippen LogP) is 3.19. The average Bonchev–Trinajstić information content (AvgIpc) is 2.83. The van der Waals surface area contributed by atoms with E-state index in [-0.39, 0.29) is 0 Å². The number of aryl methyl sites for hydroxylation is 1. The molecular formula is C15H15N3O. The molecule has 2 heterocycles. The molecule has 3 rings (SSSR count). The summed E-state index contributed by atoms with van der Waals surface area (Å²) in [6.45, 7) is 2.57. The highest BCUT2D eigenvalue weighted by Crippen LogP contribution is 2.22. The molecule has 3 N–H and O–H groups in total. The van der Waals surface area contributed by atoms with Crippen molar-refractivity contribution in [1.82, 2.24) is 9.97 Å². The quantitative estimate of drug-likeness (QED) is 0.671. The van der Waals surface area contributed by atoms with Crippen molar-refractivity contribution in [2.75, 3.05) is 5.32 Å². The number of hydrogen-bond acceptors (Lipinski definition) is 3. The molecule has 96 valence electrons. The first kappa shape index (κ1) is 11.6. The van der Waals surface area contributed by atoms with E-state index in [0.717, 1.165) is 27.8 Å². The molecule has 4 heteroatoms. The van der Waals surface area contributed by atoms with E-state index in [0.29, 0.717) is 12.3 Å². The number of hydrogen-bond donors (Lipinski definition) is 3. The summed E-state index contributed by atoms with van der Waals surface area (Å²) < 4.78 is 0. The van der Waals surface area contributed by atoms with Crippen LogP contribution in [0.25, 0.3) is 11.0 Å². The number of phenolic OH excluding ortho intramolecular Hbond substituents is 1. The zero-order valence-corrected chi connectivity index (χ0v) is 10.6. The lowest BCUT2D eigenvalue weighted by Crippen LogP contribution is -1.98. The van der Waals surface area contributed by atoms with Crippen LogP contribution in [0.15, 0.2) is 42.7 Å². The fourth-order valence-electron chi connectivity index (χ4n) is 2.08. The van der Waals surface area contributed by atoms with E-state index in [1.54, 1.807) is 12.3 Å². The molecule has 0 aliphatic heterocycles. The van der Waals surface area contributed by atoms with Crippen molar-refractivity contribution in [3.63, 3.8) is 0 Å². The summed E-state index contributed by atoms with van der Waals surface area (Å²) in [7, 11) is 0. The van der Waals surface area contributed by atoms with Gasteiger partial charge in [-0.3, -0.25) is 0 Å². The molecule has 0 spiro atoms. The number of aromatic nitrogens is 2. The second-order valence-corrected chi connectivity index (χ2v) is 4.57. The van der Waals surface area contributed by atoms with E-state index in [1.807, 2.05) is 37.4 Å². The van der Waals surface area contributed by atoms with Gasteiger partial charge >= 0.3 is 0 Å². The Labute approximate surface area is 111 Å². The zero-order chi connectivity index (χ0) is 13.2. The summed E-state index contributed by atoms with van der Waals surface area (Å²) >= 11 is 0. The maximum atomic E-state index is 9.67. The largest absolute Gasteiger partial charge is 0.508 e. The van der Waals surface area contributed by atoms with Crippen LogP contribution in [0, 0.1) is 6.92 Å². The molecule has 0 bridgehead atoms. The minimum atomic E-state index is 0.311. The van der Waals surface area contributed by atoms with Crippen LogP contribution in [0.4, 0.5) is 5.69 Å². The average molecular weight is 253 g/mol. The van der Waals surface area contributed by atoms with Crippen LogP contribution in [-0.4, -0.2) is 15.1 Å². The molecule has 0 atom stereocenters. The Morgan fingerprint density at radius 3 is 3.05 bits per heavy atom. The lowest BCUT2D eigenvalue weighted by atomic mass is 10.2. The zero-order valence-electron chi connectivity index (χ0n) is 10.6. The van der Waals surface area contributed by atoms with Crippen molar-refractivity contribution in [2.45, 2.75) is 13.5 Å². The molecule has 0 saturated carbocycles. The number of nitrogens with zero attached hydrogens (tertiary/aromatic N) is 1. The van der Waals surface area contributed by atoms with Gasteiger partial charge in [-0.25, -0.2) is 4.98 Å². The Kier molecular flexibility index (Phi) is 2.83. The van der Waals surface area contributed by atoms with E-state index in [4.69, 9.17) is 0 Å². The van der Waals surface area contributed by atoms with Crippen LogP contribution >= 0.6 is 0 Å². The highest BCUT2D eigenvalue weighted by Gasteiger charge is 2.04. The molecule has 2 aromatic heterocycles. The van der Waals surface area contributed by atoms with Gasteiger partial charge < -0.3 is 15.4 Å². The molecule has 0 saturated heterocycles. The number of rotatable bonds is 3. The van der Waals surface area contributed by atoms with Crippen molar-refractivity contribution in [1.29, 1.82) is 0 Å². The predicted molar refractivity (Wildman–Crippen MR) is 76.3 cm³/mol. The Morgan fingerprint density at radius 2 is 2.21 bits per heavy atom. The molecule has 0 radical (unpaired) electrons. The normalized spacial score (nSPS) is 10.8. The number of anilines is 1. The van der Waals surface area contributed by atoms with Crippen molar-refractivity contribution < 1.29 is 5.11 Å². The van der Waals surface area contributed by atoms with Gasteiger partial charge in [-0.05, 0) is 36.2 Å². The van der Waals surface area contributed by atoms with Gasteiger partial charge in [0.2, 0.25) is 0 Å². The van der Waals surface area contributed by atoms with Crippen LogP contribution in [0.3, 0.4) is 0 Å². The minimum absolute atomic E-state index is 0.311. The lowest BCUT2D eigenvalue weighted by Gasteiger charge is -2.07. The fourth-order valence-corrected chi connectivity index (χ4v) is 2.08. The highest BCUT2D eigenvalue weighted by atomic mass is 16.3. The summed E-state index contributed by atoms with van der Waals surface area (Å²) in [6.07, 6.45) is 3.73. The van der Waals surface area contributed by atoms with Crippen LogP contribution in [0.2, 0.25) is 0 Å². The fraction of sp³-hybridized carbons (Fsp3) is 0.133. The van der Waals surface area contributed by atoms with E-state index >= 15 is 0 Å². The topological polar surface area (TPSA) is 60.9 Å². The molecular weight excluding hydrogens is 238 g/mol. The smallest absolute Gasteiger partial charge is 0.137 e. The van der Waals surface area contributed by atoms with Gasteiger partial charge in [-0.15, -0.1) is 0 Å². The molecule has 0 aliphatic carbocycles. The van der Waals surface area contributed by atoms with Crippen LogP contribution in [0.1, 0.15) is 11.1 Å². The second kappa shape index (κ2) is 4.65. The molecule has 19 heavy (non-hydrogen) atoms. The maximum absolute atomic E-state index is 9.67. The van der Waals surface area contributed by atoms with Crippen molar-refractivity contribution >= 4 is 16.7 Å². The van der Waals surface area contributed by atoms with Crippen LogP contribution in [-0.2, 0) is 6.54 Å². The van der Waals surface area contributed by atoms with Gasteiger partial charge in [-0.2, -0.15) is 0 Å². The minimum Gasteiger partial charge on any atom is -0.508 e. The van der Waals surface area contributed by atoms with Crippen molar-refractivity contribution in [3.8, 4) is 5.75 Å². The standard InChI is InChI=1S/C15H15N3O/c1-10-4-5-12(7-14(10)19)17-8-11-9-18-15-13(11)3-2-6-16-15/h2-7,9,17,19H,8H2,1H3,(H,16,18). The van der Waals surface area contributed by atoms with Gasteiger partial charge in [0.15, 0.2) is 0 Å². The number of nitrogens with one attached hydrogen (secondary N) is 2. The summed E-state index contributed by atoms with van der Waals surface area (Å²) in [6, 6.07) is 9.57. The van der Waals surface area contributed by atoms with Crippen molar-refractivity contribution in [3.05, 3.63) is 53.9 Å². The third-order valence-corrected chi connectivity index (χ3v) is 3.23. The Hall–Kier alpha value is -2.49. The third kappa shape index (κ3) is 2.25. The number of pyridine rings is 1. The SMILES string of the molecule is Cc1ccc(NCc2c[nH]c3ncccc23)cc1O. The van der Waals surface area contributed by atoms with E-state index < -0.39 is 0 Å². The number of aromatic amines is 1. The molecule has 0 unspecified atom stereocenters. The molecule has 3 aromatic rings. The van der Waals surface area contributed by atoms with E-state index in [9.17, 15) is 5.11 Å². The monoisotopic (exact) mass is 253 g/mol. The first-order valence-corrected chi connectivity index (χ1v) is 6.18. The number of benzene rings is 1. The van der Waals surface area contributed by atoms with Gasteiger partial charge in [0.25, 0.3) is 0 Å². The molecule has 0 aliphatic rings. The summed E-state index contributed by atoms with van der Waals surface area (Å²) in [5.74, 6) is 0.311. The van der Waals surface area contributed by atoms with Crippen LogP contribution < -0.4 is 5.32 Å². The van der Waals surface area contributed by atoms with Gasteiger partial charge in [-0.1, -0.05) is 6.07 Å². The third-order valence-electron chi connectivity index (χ3n) is 3.23. The molecule has 0 fully saturated rings. The first-order valence-electron chi connectivity index (χ1n) is 6.18. The Balaban J connectivity index is 1.80. The summed E-state index contributed by atoms with van der Waals surface area (Å²) in [5.41, 5.74) is 3.83. The first-order chi connectivity index (χ1) is 9.24. The van der Waals surface area contributed by atoms with Crippen molar-refractivity contribution in [2.24, 2.45) is 0 Å². The van der Waals surface area contributed by atoms with Gasteiger partial charge in [0.05, 0.1) is 0 Å². The maximum Gasteiger partial charge on any atom is 0.137 e. The number of fused-ring (bicyclic) bond motifs is 1. The van der Waals surface area contributed by atoms with Gasteiger partial charge in [0.1, 0.15) is 11.4 Å². The summed E-state index contributed by atoms with van der Waals surface area (Å²) in [5, 5.41) is 14.1. The molecule has 1 aromatic carbocycles. The Morgan fingerprint density at radius 1 is 1.32 bits per heavy atom. The highest BCUT2D eigenvalue weighted by molar-refractivity contribution is 5.79. The van der Waals surface area contributed by atoms with E-state index in [2.05, 4.69) is 15.3 Å².